The maximum Gasteiger partial charge on any atom is 0.0512 e. The van der Waals surface area contributed by atoms with E-state index < -0.39 is 0 Å². The third-order valence-corrected chi connectivity index (χ3v) is 4.58. The Labute approximate surface area is 130 Å². The maximum atomic E-state index is 5.71. The summed E-state index contributed by atoms with van der Waals surface area (Å²) in [6, 6.07) is 9.05. The van der Waals surface area contributed by atoms with E-state index in [2.05, 4.69) is 62.3 Å². The molecule has 110 valence electrons. The molecule has 1 aliphatic rings. The second-order valence-corrected chi connectivity index (χ2v) is 6.18. The Morgan fingerprint density at radius 3 is 2.52 bits per heavy atom. The molecule has 2 unspecified atom stereocenters. The summed E-state index contributed by atoms with van der Waals surface area (Å²) in [6.07, 6.45) is 20.7. The lowest BCUT2D eigenvalue weighted by Crippen LogP contribution is -2.29. The Morgan fingerprint density at radius 1 is 1.10 bits per heavy atom. The van der Waals surface area contributed by atoms with Crippen LogP contribution in [0.25, 0.3) is 0 Å². The van der Waals surface area contributed by atoms with Crippen molar-refractivity contribution in [3.05, 3.63) is 59.7 Å². The zero-order chi connectivity index (χ0) is 15.1. The summed E-state index contributed by atoms with van der Waals surface area (Å²) in [5.41, 5.74) is 2.67. The number of hydrogen-bond acceptors (Lipinski definition) is 0. The van der Waals surface area contributed by atoms with E-state index in [4.69, 9.17) is 6.42 Å². The topological polar surface area (TPSA) is 0 Å². The number of allylic oxidation sites excluding steroid dienone is 4. The first-order valence-corrected chi connectivity index (χ1v) is 8.12. The highest BCUT2D eigenvalue weighted by molar-refractivity contribution is 5.41. The number of benzene rings is 1. The van der Waals surface area contributed by atoms with Crippen LogP contribution in [0.5, 0.6) is 0 Å². The van der Waals surface area contributed by atoms with Crippen LogP contribution in [0.3, 0.4) is 0 Å². The SMILES string of the molecule is C#CC1C=CC=CC1(C)c1ccc(CCCCCC)cc1. The van der Waals surface area contributed by atoms with Crippen molar-refractivity contribution in [2.75, 3.05) is 0 Å². The lowest BCUT2D eigenvalue weighted by molar-refractivity contribution is 0.511. The summed E-state index contributed by atoms with van der Waals surface area (Å²) in [5, 5.41) is 0. The van der Waals surface area contributed by atoms with Crippen molar-refractivity contribution >= 4 is 0 Å². The van der Waals surface area contributed by atoms with Crippen molar-refractivity contribution in [2.45, 2.75) is 51.4 Å². The number of terminal acetylenes is 1. The van der Waals surface area contributed by atoms with Gasteiger partial charge in [-0.1, -0.05) is 87.6 Å². The highest BCUT2D eigenvalue weighted by atomic mass is 14.3. The second kappa shape index (κ2) is 7.32. The molecule has 0 saturated carbocycles. The third kappa shape index (κ3) is 3.67. The van der Waals surface area contributed by atoms with E-state index in [1.807, 2.05) is 6.08 Å². The van der Waals surface area contributed by atoms with Crippen LogP contribution in [0.15, 0.2) is 48.6 Å². The molecule has 1 aliphatic carbocycles. The van der Waals surface area contributed by atoms with E-state index in [1.165, 1.54) is 43.2 Å². The van der Waals surface area contributed by atoms with E-state index in [-0.39, 0.29) is 11.3 Å². The van der Waals surface area contributed by atoms with Gasteiger partial charge in [-0.05, 0) is 24.0 Å². The minimum absolute atomic E-state index is 0.0791. The molecule has 0 aliphatic heterocycles. The predicted octanol–water partition coefficient (Wildman–Crippen LogP) is 5.44. The summed E-state index contributed by atoms with van der Waals surface area (Å²) < 4.78 is 0. The van der Waals surface area contributed by atoms with Gasteiger partial charge in [0.2, 0.25) is 0 Å². The van der Waals surface area contributed by atoms with Gasteiger partial charge in [-0.25, -0.2) is 0 Å². The first-order chi connectivity index (χ1) is 10.2. The second-order valence-electron chi connectivity index (χ2n) is 6.18. The lowest BCUT2D eigenvalue weighted by atomic mass is 9.70. The van der Waals surface area contributed by atoms with Gasteiger partial charge in [-0.15, -0.1) is 6.42 Å². The third-order valence-electron chi connectivity index (χ3n) is 4.58. The van der Waals surface area contributed by atoms with E-state index in [9.17, 15) is 0 Å². The molecule has 0 N–H and O–H groups in total. The first-order valence-electron chi connectivity index (χ1n) is 8.12. The zero-order valence-electron chi connectivity index (χ0n) is 13.3. The number of aryl methyl sites for hydroxylation is 1. The Balaban J connectivity index is 2.06. The molecule has 0 saturated heterocycles. The molecule has 0 amide bonds. The fourth-order valence-corrected chi connectivity index (χ4v) is 3.03. The molecular weight excluding hydrogens is 252 g/mol. The Hall–Kier alpha value is -1.74. The van der Waals surface area contributed by atoms with Crippen molar-refractivity contribution in [3.8, 4) is 12.3 Å². The number of unbranched alkanes of at least 4 members (excludes halogenated alkanes) is 3. The Morgan fingerprint density at radius 2 is 1.86 bits per heavy atom. The summed E-state index contributed by atoms with van der Waals surface area (Å²) in [7, 11) is 0. The van der Waals surface area contributed by atoms with Crippen LogP contribution >= 0.6 is 0 Å². The Bertz CT molecular complexity index is 538. The maximum absolute atomic E-state index is 5.71. The van der Waals surface area contributed by atoms with Crippen LogP contribution in [-0.2, 0) is 11.8 Å². The first kappa shape index (κ1) is 15.6. The van der Waals surface area contributed by atoms with Crippen molar-refractivity contribution in [1.29, 1.82) is 0 Å². The molecule has 21 heavy (non-hydrogen) atoms. The van der Waals surface area contributed by atoms with E-state index in [1.54, 1.807) is 0 Å². The molecule has 0 heterocycles. The van der Waals surface area contributed by atoms with Crippen LogP contribution < -0.4 is 0 Å². The van der Waals surface area contributed by atoms with Gasteiger partial charge < -0.3 is 0 Å². The average molecular weight is 278 g/mol. The molecule has 0 spiro atoms. The standard InChI is InChI=1S/C21H26/c1-4-6-7-8-11-18-13-15-20(16-14-18)21(3)17-10-9-12-19(21)5-2/h2,9-10,12-17,19H,4,6-8,11H2,1,3H3. The smallest absolute Gasteiger partial charge is 0.0512 e. The number of hydrogen-bond donors (Lipinski definition) is 0. The van der Waals surface area contributed by atoms with Crippen molar-refractivity contribution in [2.24, 2.45) is 5.92 Å². The summed E-state index contributed by atoms with van der Waals surface area (Å²) >= 11 is 0. The van der Waals surface area contributed by atoms with Gasteiger partial charge in [0.15, 0.2) is 0 Å². The normalized spacial score (nSPS) is 24.0. The monoisotopic (exact) mass is 278 g/mol. The minimum atomic E-state index is -0.0791. The fourth-order valence-electron chi connectivity index (χ4n) is 3.03. The highest BCUT2D eigenvalue weighted by Crippen LogP contribution is 2.36. The molecule has 0 fully saturated rings. The predicted molar refractivity (Wildman–Crippen MR) is 92.2 cm³/mol. The van der Waals surface area contributed by atoms with Crippen LogP contribution in [0.2, 0.25) is 0 Å². The molecular formula is C21H26. The number of rotatable bonds is 6. The van der Waals surface area contributed by atoms with Crippen LogP contribution in [-0.4, -0.2) is 0 Å². The Kier molecular flexibility index (Phi) is 5.45. The molecule has 0 heteroatoms. The van der Waals surface area contributed by atoms with Crippen LogP contribution in [0.1, 0.15) is 50.7 Å². The van der Waals surface area contributed by atoms with Gasteiger partial charge in [-0.2, -0.15) is 0 Å². The molecule has 0 bridgehead atoms. The van der Waals surface area contributed by atoms with Crippen LogP contribution in [0.4, 0.5) is 0 Å². The van der Waals surface area contributed by atoms with Gasteiger partial charge >= 0.3 is 0 Å². The summed E-state index contributed by atoms with van der Waals surface area (Å²) in [4.78, 5) is 0. The summed E-state index contributed by atoms with van der Waals surface area (Å²) in [5.74, 6) is 3.05. The highest BCUT2D eigenvalue weighted by Gasteiger charge is 2.31. The van der Waals surface area contributed by atoms with E-state index in [0.29, 0.717) is 0 Å². The van der Waals surface area contributed by atoms with Crippen molar-refractivity contribution < 1.29 is 0 Å². The molecule has 2 atom stereocenters. The van der Waals surface area contributed by atoms with E-state index in [0.717, 1.165) is 0 Å². The van der Waals surface area contributed by atoms with Gasteiger partial charge in [0.1, 0.15) is 0 Å². The molecule has 1 aromatic rings. The van der Waals surface area contributed by atoms with Gasteiger partial charge in [-0.3, -0.25) is 0 Å². The lowest BCUT2D eigenvalue weighted by Gasteiger charge is -2.32. The molecule has 2 rings (SSSR count). The largest absolute Gasteiger partial charge is 0.119 e. The fraction of sp³-hybridized carbons (Fsp3) is 0.429. The molecule has 0 radical (unpaired) electrons. The molecule has 0 nitrogen and oxygen atoms in total. The van der Waals surface area contributed by atoms with Crippen LogP contribution in [0, 0.1) is 18.3 Å². The molecule has 0 aromatic heterocycles. The zero-order valence-corrected chi connectivity index (χ0v) is 13.3. The van der Waals surface area contributed by atoms with E-state index >= 15 is 0 Å². The van der Waals surface area contributed by atoms with Gasteiger partial charge in [0.25, 0.3) is 0 Å². The minimum Gasteiger partial charge on any atom is -0.119 e. The molecule has 1 aromatic carbocycles. The van der Waals surface area contributed by atoms with Gasteiger partial charge in [0, 0.05) is 5.41 Å². The summed E-state index contributed by atoms with van der Waals surface area (Å²) in [6.45, 7) is 4.48. The quantitative estimate of drug-likeness (QED) is 0.480. The van der Waals surface area contributed by atoms with Crippen molar-refractivity contribution in [3.63, 3.8) is 0 Å². The van der Waals surface area contributed by atoms with Crippen molar-refractivity contribution in [1.82, 2.24) is 0 Å². The van der Waals surface area contributed by atoms with Gasteiger partial charge in [0.05, 0.1) is 5.92 Å². The average Bonchev–Trinajstić information content (AvgIpc) is 2.52.